The van der Waals surface area contributed by atoms with E-state index in [-0.39, 0.29) is 41.7 Å². The Morgan fingerprint density at radius 3 is 2.46 bits per heavy atom. The van der Waals surface area contributed by atoms with Crippen molar-refractivity contribution in [1.29, 1.82) is 0 Å². The van der Waals surface area contributed by atoms with Crippen molar-refractivity contribution in [3.63, 3.8) is 0 Å². The average molecular weight is 360 g/mol. The zero-order valence-electron chi connectivity index (χ0n) is 13.3. The molecule has 2 aromatic carbocycles. The molecule has 3 aromatic rings. The molecule has 0 aliphatic heterocycles. The van der Waals surface area contributed by atoms with Crippen LogP contribution in [0.3, 0.4) is 0 Å². The van der Waals surface area contributed by atoms with E-state index < -0.39 is 5.97 Å². The van der Waals surface area contributed by atoms with Crippen molar-refractivity contribution in [2.24, 2.45) is 5.16 Å². The standard InChI is InChI=1S/C19H16N2O4.Na.H/c22-19(23)18(21-24)11-13-5-9-16(10-6-13)25-12-15-8-7-14-3-1-2-4-17(14)20-15;;/h1-10,24H,11-12H2,(H,22,23);;/b21-18-;;. The van der Waals surface area contributed by atoms with Crippen LogP contribution in [-0.4, -0.2) is 56.5 Å². The summed E-state index contributed by atoms with van der Waals surface area (Å²) in [5.74, 6) is -0.596. The summed E-state index contributed by atoms with van der Waals surface area (Å²) < 4.78 is 5.72. The third kappa shape index (κ3) is 5.05. The second-order valence-corrected chi connectivity index (χ2v) is 5.46. The third-order valence-electron chi connectivity index (χ3n) is 3.71. The minimum absolute atomic E-state index is 0. The van der Waals surface area contributed by atoms with Crippen molar-refractivity contribution in [1.82, 2.24) is 4.98 Å². The van der Waals surface area contributed by atoms with Crippen LogP contribution < -0.4 is 4.74 Å². The van der Waals surface area contributed by atoms with Crippen molar-refractivity contribution in [2.45, 2.75) is 13.0 Å². The molecule has 7 heteroatoms. The van der Waals surface area contributed by atoms with Crippen LogP contribution in [0.1, 0.15) is 11.3 Å². The first-order chi connectivity index (χ1) is 12.2. The van der Waals surface area contributed by atoms with E-state index in [9.17, 15) is 4.79 Å². The molecular weight excluding hydrogens is 343 g/mol. The predicted octanol–water partition coefficient (Wildman–Crippen LogP) is 2.62. The van der Waals surface area contributed by atoms with Gasteiger partial charge in [0.2, 0.25) is 0 Å². The Labute approximate surface area is 172 Å². The molecule has 0 unspecified atom stereocenters. The number of carboxylic acid groups (broad SMARTS) is 1. The maximum absolute atomic E-state index is 10.8. The van der Waals surface area contributed by atoms with Crippen LogP contribution in [-0.2, 0) is 17.8 Å². The van der Waals surface area contributed by atoms with Crippen LogP contribution in [0, 0.1) is 0 Å². The molecule has 0 aliphatic carbocycles. The Kier molecular flexibility index (Phi) is 7.15. The van der Waals surface area contributed by atoms with E-state index >= 15 is 0 Å². The molecule has 0 fully saturated rings. The molecule has 0 saturated heterocycles. The Bertz CT molecular complexity index is 926. The molecule has 0 radical (unpaired) electrons. The summed E-state index contributed by atoms with van der Waals surface area (Å²) in [4.78, 5) is 15.4. The maximum atomic E-state index is 10.8. The second kappa shape index (κ2) is 9.33. The van der Waals surface area contributed by atoms with Crippen LogP contribution in [0.25, 0.3) is 10.9 Å². The van der Waals surface area contributed by atoms with Crippen molar-refractivity contribution in [3.05, 3.63) is 71.9 Å². The van der Waals surface area contributed by atoms with E-state index in [0.717, 1.165) is 16.6 Å². The van der Waals surface area contributed by atoms with Crippen molar-refractivity contribution < 1.29 is 19.8 Å². The fraction of sp³-hybridized carbons (Fsp3) is 0.105. The topological polar surface area (TPSA) is 92.0 Å². The molecule has 1 heterocycles. The number of carbonyl (C=O) groups is 1. The van der Waals surface area contributed by atoms with Gasteiger partial charge in [-0.15, -0.1) is 0 Å². The van der Waals surface area contributed by atoms with Crippen molar-refractivity contribution in [2.75, 3.05) is 0 Å². The number of para-hydroxylation sites is 1. The van der Waals surface area contributed by atoms with E-state index in [1.165, 1.54) is 0 Å². The summed E-state index contributed by atoms with van der Waals surface area (Å²) in [6, 6.07) is 18.8. The Balaban J connectivity index is 0.00000243. The molecule has 3 rings (SSSR count). The van der Waals surface area contributed by atoms with E-state index in [1.807, 2.05) is 36.4 Å². The number of hydrogen-bond donors (Lipinski definition) is 2. The number of aromatic nitrogens is 1. The Hall–Kier alpha value is -2.41. The number of nitrogens with zero attached hydrogens (tertiary/aromatic N) is 2. The quantitative estimate of drug-likeness (QED) is 0.305. The van der Waals surface area contributed by atoms with E-state index in [2.05, 4.69) is 10.1 Å². The van der Waals surface area contributed by atoms with Gasteiger partial charge in [-0.25, -0.2) is 9.78 Å². The summed E-state index contributed by atoms with van der Waals surface area (Å²) in [6.07, 6.45) is 0.0400. The van der Waals surface area contributed by atoms with Gasteiger partial charge in [-0.05, 0) is 29.8 Å². The first-order valence-electron chi connectivity index (χ1n) is 7.66. The first-order valence-corrected chi connectivity index (χ1v) is 7.66. The van der Waals surface area contributed by atoms with Gasteiger partial charge < -0.3 is 15.1 Å². The molecule has 0 bridgehead atoms. The van der Waals surface area contributed by atoms with Gasteiger partial charge in [0.05, 0.1) is 11.2 Å². The second-order valence-electron chi connectivity index (χ2n) is 5.46. The number of benzene rings is 2. The predicted molar refractivity (Wildman–Crippen MR) is 100 cm³/mol. The van der Waals surface area contributed by atoms with E-state index in [0.29, 0.717) is 17.9 Å². The van der Waals surface area contributed by atoms with Crippen LogP contribution >= 0.6 is 0 Å². The number of fused-ring (bicyclic) bond motifs is 1. The minimum atomic E-state index is -1.25. The Morgan fingerprint density at radius 2 is 1.77 bits per heavy atom. The van der Waals surface area contributed by atoms with Crippen LogP contribution in [0.2, 0.25) is 0 Å². The fourth-order valence-corrected chi connectivity index (χ4v) is 2.40. The average Bonchev–Trinajstić information content (AvgIpc) is 2.65. The van der Waals surface area contributed by atoms with Gasteiger partial charge >= 0.3 is 35.5 Å². The number of ether oxygens (including phenoxy) is 1. The van der Waals surface area contributed by atoms with Crippen molar-refractivity contribution >= 4 is 52.1 Å². The summed E-state index contributed by atoms with van der Waals surface area (Å²) in [5, 5.41) is 21.4. The van der Waals surface area contributed by atoms with Gasteiger partial charge in [-0.3, -0.25) is 0 Å². The zero-order chi connectivity index (χ0) is 17.6. The number of rotatable bonds is 6. The Morgan fingerprint density at radius 1 is 1.04 bits per heavy atom. The van der Waals surface area contributed by atoms with E-state index in [1.54, 1.807) is 24.3 Å². The number of oxime groups is 1. The summed E-state index contributed by atoms with van der Waals surface area (Å²) in [7, 11) is 0. The molecule has 2 N–H and O–H groups in total. The number of hydrogen-bond acceptors (Lipinski definition) is 5. The van der Waals surface area contributed by atoms with Gasteiger partial charge in [-0.1, -0.05) is 41.6 Å². The molecular formula is C19H17N2NaO4. The molecule has 0 spiro atoms. The van der Waals surface area contributed by atoms with Crippen LogP contribution in [0.4, 0.5) is 0 Å². The zero-order valence-corrected chi connectivity index (χ0v) is 13.3. The van der Waals surface area contributed by atoms with Crippen LogP contribution in [0.15, 0.2) is 65.8 Å². The fourth-order valence-electron chi connectivity index (χ4n) is 2.40. The monoisotopic (exact) mass is 360 g/mol. The summed E-state index contributed by atoms with van der Waals surface area (Å²) >= 11 is 0. The van der Waals surface area contributed by atoms with Gasteiger partial charge in [0.25, 0.3) is 0 Å². The number of carboxylic acids is 1. The number of aliphatic carboxylic acids is 1. The molecule has 128 valence electrons. The number of pyridine rings is 1. The summed E-state index contributed by atoms with van der Waals surface area (Å²) in [6.45, 7) is 0.336. The molecule has 0 amide bonds. The summed E-state index contributed by atoms with van der Waals surface area (Å²) in [5.41, 5.74) is 2.15. The van der Waals surface area contributed by atoms with Gasteiger partial charge in [0.1, 0.15) is 12.4 Å². The third-order valence-corrected chi connectivity index (χ3v) is 3.71. The van der Waals surface area contributed by atoms with Crippen LogP contribution in [0.5, 0.6) is 5.75 Å². The molecule has 0 saturated carbocycles. The molecule has 1 aromatic heterocycles. The van der Waals surface area contributed by atoms with Crippen molar-refractivity contribution in [3.8, 4) is 5.75 Å². The van der Waals surface area contributed by atoms with Gasteiger partial charge in [-0.2, -0.15) is 0 Å². The van der Waals surface area contributed by atoms with E-state index in [4.69, 9.17) is 15.1 Å². The molecule has 6 nitrogen and oxygen atoms in total. The molecule has 0 aliphatic rings. The molecule has 26 heavy (non-hydrogen) atoms. The van der Waals surface area contributed by atoms with Gasteiger partial charge in [0, 0.05) is 11.8 Å². The SMILES string of the molecule is O=C(O)/C(Cc1ccc(OCc2ccc3ccccc3n2)cc1)=N\O.[NaH]. The van der Waals surface area contributed by atoms with Gasteiger partial charge in [0.15, 0.2) is 5.71 Å². The molecule has 0 atom stereocenters. The normalized spacial score (nSPS) is 11.0. The first kappa shape index (κ1) is 19.9.